The molecular formula is C19H28N6O. The Kier molecular flexibility index (Phi) is 4.67. The first kappa shape index (κ1) is 17.4. The zero-order chi connectivity index (χ0) is 18.1. The van der Waals surface area contributed by atoms with Gasteiger partial charge in [-0.15, -0.1) is 5.10 Å². The highest BCUT2D eigenvalue weighted by atomic mass is 16.3. The van der Waals surface area contributed by atoms with Gasteiger partial charge >= 0.3 is 0 Å². The molecule has 2 aromatic heterocycles. The molecule has 2 aliphatic heterocycles. The number of aryl methyl sites for hydroxylation is 2. The number of nitrogens with zero attached hydrogens (tertiary/aromatic N) is 6. The van der Waals surface area contributed by atoms with Crippen LogP contribution in [0.15, 0.2) is 24.5 Å². The van der Waals surface area contributed by atoms with Gasteiger partial charge in [-0.2, -0.15) is 5.10 Å². The van der Waals surface area contributed by atoms with E-state index in [2.05, 4.69) is 29.5 Å². The SMILES string of the molecule is Cc1ccc(N2CC[C@@H]3N(Cc4nccn4C)CCC[C@@]3(CO)C2)nn1. The molecule has 2 aliphatic rings. The van der Waals surface area contributed by atoms with E-state index in [1.165, 1.54) is 0 Å². The maximum atomic E-state index is 10.4. The lowest BCUT2D eigenvalue weighted by Gasteiger charge is -2.54. The fraction of sp³-hybridized carbons (Fsp3) is 0.632. The largest absolute Gasteiger partial charge is 0.396 e. The normalized spacial score (nSPS) is 26.7. The molecule has 2 saturated heterocycles. The van der Waals surface area contributed by atoms with Crippen molar-refractivity contribution < 1.29 is 5.11 Å². The molecule has 7 heteroatoms. The van der Waals surface area contributed by atoms with Crippen LogP contribution in [0.25, 0.3) is 0 Å². The number of imidazole rings is 1. The number of hydrogen-bond acceptors (Lipinski definition) is 6. The van der Waals surface area contributed by atoms with Gasteiger partial charge in [0.05, 0.1) is 18.8 Å². The van der Waals surface area contributed by atoms with Crippen LogP contribution in [0.1, 0.15) is 30.8 Å². The Balaban J connectivity index is 1.55. The number of hydrogen-bond donors (Lipinski definition) is 1. The van der Waals surface area contributed by atoms with Crippen molar-refractivity contribution >= 4 is 5.82 Å². The van der Waals surface area contributed by atoms with Gasteiger partial charge in [0, 0.05) is 44.0 Å². The standard InChI is InChI=1S/C19H28N6O/c1-15-4-5-17(22-21-15)25-10-6-16-19(13-25,14-26)7-3-9-24(16)12-18-20-8-11-23(18)2/h4-5,8,11,16,26H,3,6-7,9-10,12-14H2,1-2H3/t16-,19-/m0/s1. The Bertz CT molecular complexity index is 745. The highest BCUT2D eigenvalue weighted by Gasteiger charge is 2.48. The molecule has 2 fully saturated rings. The first-order valence-electron chi connectivity index (χ1n) is 9.48. The molecule has 7 nitrogen and oxygen atoms in total. The Morgan fingerprint density at radius 1 is 1.27 bits per heavy atom. The minimum absolute atomic E-state index is 0.103. The molecule has 4 heterocycles. The van der Waals surface area contributed by atoms with E-state index in [1.807, 2.05) is 38.5 Å². The number of aliphatic hydroxyl groups excluding tert-OH is 1. The number of anilines is 1. The smallest absolute Gasteiger partial charge is 0.151 e. The average Bonchev–Trinajstić information content (AvgIpc) is 3.07. The summed E-state index contributed by atoms with van der Waals surface area (Å²) in [5, 5.41) is 18.9. The van der Waals surface area contributed by atoms with Crippen LogP contribution in [-0.4, -0.2) is 62.0 Å². The maximum Gasteiger partial charge on any atom is 0.151 e. The van der Waals surface area contributed by atoms with Gasteiger partial charge in [0.15, 0.2) is 5.82 Å². The van der Waals surface area contributed by atoms with Crippen molar-refractivity contribution in [1.29, 1.82) is 0 Å². The summed E-state index contributed by atoms with van der Waals surface area (Å²) in [5.41, 5.74) is 0.827. The zero-order valence-corrected chi connectivity index (χ0v) is 15.7. The van der Waals surface area contributed by atoms with Crippen LogP contribution in [0.3, 0.4) is 0 Å². The van der Waals surface area contributed by atoms with E-state index in [-0.39, 0.29) is 12.0 Å². The summed E-state index contributed by atoms with van der Waals surface area (Å²) in [4.78, 5) is 9.32. The summed E-state index contributed by atoms with van der Waals surface area (Å²) in [6, 6.07) is 4.43. The zero-order valence-electron chi connectivity index (χ0n) is 15.7. The summed E-state index contributed by atoms with van der Waals surface area (Å²) >= 11 is 0. The van der Waals surface area contributed by atoms with Crippen molar-refractivity contribution in [2.24, 2.45) is 12.5 Å². The fourth-order valence-electron chi connectivity index (χ4n) is 4.66. The molecule has 0 radical (unpaired) electrons. The van der Waals surface area contributed by atoms with Gasteiger partial charge in [-0.3, -0.25) is 4.90 Å². The van der Waals surface area contributed by atoms with E-state index in [9.17, 15) is 5.11 Å². The van der Waals surface area contributed by atoms with Crippen LogP contribution >= 0.6 is 0 Å². The van der Waals surface area contributed by atoms with Crippen molar-refractivity contribution in [3.8, 4) is 0 Å². The summed E-state index contributed by atoms with van der Waals surface area (Å²) in [6.07, 6.45) is 7.05. The molecule has 0 aromatic carbocycles. The Hall–Kier alpha value is -1.99. The van der Waals surface area contributed by atoms with Gasteiger partial charge in [-0.25, -0.2) is 4.98 Å². The molecule has 0 saturated carbocycles. The highest BCUT2D eigenvalue weighted by Crippen LogP contribution is 2.42. The van der Waals surface area contributed by atoms with Crippen molar-refractivity contribution in [2.45, 2.75) is 38.8 Å². The number of likely N-dealkylation sites (tertiary alicyclic amines) is 1. The van der Waals surface area contributed by atoms with Crippen LogP contribution in [0.2, 0.25) is 0 Å². The average molecular weight is 356 g/mol. The quantitative estimate of drug-likeness (QED) is 0.892. The number of aliphatic hydroxyl groups is 1. The first-order chi connectivity index (χ1) is 12.6. The lowest BCUT2D eigenvalue weighted by atomic mass is 9.69. The predicted octanol–water partition coefficient (Wildman–Crippen LogP) is 1.37. The number of aromatic nitrogens is 4. The Morgan fingerprint density at radius 2 is 2.15 bits per heavy atom. The summed E-state index contributed by atoms with van der Waals surface area (Å²) in [6.45, 7) is 5.87. The van der Waals surface area contributed by atoms with Gasteiger partial charge in [0.25, 0.3) is 0 Å². The Labute approximate surface area is 154 Å². The van der Waals surface area contributed by atoms with Crippen molar-refractivity contribution in [2.75, 3.05) is 31.1 Å². The molecule has 2 aromatic rings. The third-order valence-corrected chi connectivity index (χ3v) is 6.13. The van der Waals surface area contributed by atoms with Crippen LogP contribution in [0.5, 0.6) is 0 Å². The summed E-state index contributed by atoms with van der Waals surface area (Å²) in [7, 11) is 2.05. The number of rotatable bonds is 4. The second kappa shape index (κ2) is 6.96. The molecule has 4 rings (SSSR count). The van der Waals surface area contributed by atoms with E-state index in [4.69, 9.17) is 0 Å². The second-order valence-corrected chi connectivity index (χ2v) is 7.81. The molecule has 0 aliphatic carbocycles. The van der Waals surface area contributed by atoms with E-state index in [0.29, 0.717) is 6.04 Å². The number of fused-ring (bicyclic) bond motifs is 1. The van der Waals surface area contributed by atoms with E-state index in [1.54, 1.807) is 0 Å². The molecular weight excluding hydrogens is 328 g/mol. The predicted molar refractivity (Wildman–Crippen MR) is 99.8 cm³/mol. The van der Waals surface area contributed by atoms with Gasteiger partial charge in [0.1, 0.15) is 5.82 Å². The molecule has 0 unspecified atom stereocenters. The van der Waals surface area contributed by atoms with Gasteiger partial charge in [-0.1, -0.05) is 0 Å². The topological polar surface area (TPSA) is 70.3 Å². The molecule has 2 atom stereocenters. The van der Waals surface area contributed by atoms with Crippen molar-refractivity contribution in [3.05, 3.63) is 36.0 Å². The molecule has 0 amide bonds. The van der Waals surface area contributed by atoms with Gasteiger partial charge in [-0.05, 0) is 44.9 Å². The molecule has 140 valence electrons. The molecule has 0 bridgehead atoms. The lowest BCUT2D eigenvalue weighted by molar-refractivity contribution is -0.0414. The minimum atomic E-state index is -0.103. The van der Waals surface area contributed by atoms with E-state index < -0.39 is 0 Å². The van der Waals surface area contributed by atoms with E-state index in [0.717, 1.165) is 62.8 Å². The Morgan fingerprint density at radius 3 is 2.85 bits per heavy atom. The third kappa shape index (κ3) is 3.10. The first-order valence-corrected chi connectivity index (χ1v) is 9.48. The summed E-state index contributed by atoms with van der Waals surface area (Å²) in [5.74, 6) is 2.01. The third-order valence-electron chi connectivity index (χ3n) is 6.13. The van der Waals surface area contributed by atoms with E-state index >= 15 is 0 Å². The summed E-state index contributed by atoms with van der Waals surface area (Å²) < 4.78 is 2.09. The lowest BCUT2D eigenvalue weighted by Crippen LogP contribution is -2.62. The molecule has 1 N–H and O–H groups in total. The molecule has 26 heavy (non-hydrogen) atoms. The van der Waals surface area contributed by atoms with Gasteiger partial charge in [0.2, 0.25) is 0 Å². The highest BCUT2D eigenvalue weighted by molar-refractivity contribution is 5.39. The van der Waals surface area contributed by atoms with Crippen LogP contribution in [-0.2, 0) is 13.6 Å². The second-order valence-electron chi connectivity index (χ2n) is 7.81. The van der Waals surface area contributed by atoms with Crippen molar-refractivity contribution in [1.82, 2.24) is 24.6 Å². The van der Waals surface area contributed by atoms with Crippen LogP contribution in [0.4, 0.5) is 5.82 Å². The minimum Gasteiger partial charge on any atom is -0.396 e. The maximum absolute atomic E-state index is 10.4. The van der Waals surface area contributed by atoms with Gasteiger partial charge < -0.3 is 14.6 Å². The van der Waals surface area contributed by atoms with Crippen LogP contribution < -0.4 is 4.90 Å². The molecule has 0 spiro atoms. The fourth-order valence-corrected chi connectivity index (χ4v) is 4.66. The number of piperidine rings is 2. The monoisotopic (exact) mass is 356 g/mol. The van der Waals surface area contributed by atoms with Crippen LogP contribution in [0, 0.1) is 12.3 Å². The van der Waals surface area contributed by atoms with Crippen molar-refractivity contribution in [3.63, 3.8) is 0 Å².